The van der Waals surface area contributed by atoms with Gasteiger partial charge in [0.05, 0.1) is 26.7 Å². The van der Waals surface area contributed by atoms with Crippen LogP contribution in [0, 0.1) is 0 Å². The van der Waals surface area contributed by atoms with E-state index in [-0.39, 0.29) is 6.42 Å². The second-order valence-corrected chi connectivity index (χ2v) is 4.33. The Morgan fingerprint density at radius 1 is 1.31 bits per heavy atom. The van der Waals surface area contributed by atoms with Crippen molar-refractivity contribution in [2.45, 2.75) is 32.1 Å². The van der Waals surface area contributed by atoms with Crippen LogP contribution in [0.4, 0.5) is 0 Å². The predicted octanol–water partition coefficient (Wildman–Crippen LogP) is 0.147. The van der Waals surface area contributed by atoms with Crippen LogP contribution in [0.2, 0.25) is 0 Å². The Labute approximate surface area is 79.9 Å². The summed E-state index contributed by atoms with van der Waals surface area (Å²) in [5, 5.41) is 10.2. The highest BCUT2D eigenvalue weighted by atomic mass is 16.4. The molecule has 0 radical (unpaired) electrons. The summed E-state index contributed by atoms with van der Waals surface area (Å²) in [6, 6.07) is 0. The van der Waals surface area contributed by atoms with E-state index in [0.717, 1.165) is 17.4 Å². The molecule has 0 spiro atoms. The largest absolute Gasteiger partial charge is 0.550 e. The number of hydrogen-bond donors (Lipinski definition) is 0. The van der Waals surface area contributed by atoms with Crippen molar-refractivity contribution in [3.63, 3.8) is 0 Å². The fourth-order valence-corrected chi connectivity index (χ4v) is 2.10. The topological polar surface area (TPSA) is 40.1 Å². The standard InChI is InChI=1S/C10H19NO2/c1-11(7-3-2-4-8-11)9-5-6-10(12)13/h2-9H2,1H3. The molecule has 76 valence electrons. The minimum absolute atomic E-state index is 0.216. The van der Waals surface area contributed by atoms with Gasteiger partial charge in [-0.3, -0.25) is 0 Å². The molecule has 13 heavy (non-hydrogen) atoms. The second kappa shape index (κ2) is 4.61. The number of carboxylic acids is 1. The number of piperidine rings is 1. The van der Waals surface area contributed by atoms with Crippen molar-refractivity contribution < 1.29 is 14.4 Å². The van der Waals surface area contributed by atoms with E-state index in [4.69, 9.17) is 0 Å². The maximum Gasteiger partial charge on any atom is 0.0788 e. The fraction of sp³-hybridized carbons (Fsp3) is 0.900. The Balaban J connectivity index is 2.21. The molecule has 0 aromatic rings. The average molecular weight is 185 g/mol. The van der Waals surface area contributed by atoms with Gasteiger partial charge in [-0.05, 0) is 25.7 Å². The Kier molecular flexibility index (Phi) is 3.72. The van der Waals surface area contributed by atoms with Gasteiger partial charge >= 0.3 is 0 Å². The summed E-state index contributed by atoms with van der Waals surface area (Å²) in [4.78, 5) is 10.2. The zero-order valence-electron chi connectivity index (χ0n) is 8.42. The van der Waals surface area contributed by atoms with Gasteiger partial charge < -0.3 is 14.4 Å². The van der Waals surface area contributed by atoms with Gasteiger partial charge in [0.25, 0.3) is 0 Å². The van der Waals surface area contributed by atoms with Crippen LogP contribution in [0.5, 0.6) is 0 Å². The number of rotatable bonds is 4. The lowest BCUT2D eigenvalue weighted by Gasteiger charge is -2.37. The molecule has 1 aliphatic rings. The van der Waals surface area contributed by atoms with E-state index in [1.165, 1.54) is 32.4 Å². The molecule has 1 heterocycles. The number of hydrogen-bond acceptors (Lipinski definition) is 2. The van der Waals surface area contributed by atoms with Crippen LogP contribution in [0.3, 0.4) is 0 Å². The molecule has 3 nitrogen and oxygen atoms in total. The number of carbonyl (C=O) groups is 1. The number of nitrogens with zero attached hydrogens (tertiary/aromatic N) is 1. The number of quaternary nitrogens is 1. The summed E-state index contributed by atoms with van der Waals surface area (Å²) < 4.78 is 1.06. The molecule has 1 saturated heterocycles. The third-order valence-corrected chi connectivity index (χ3v) is 2.97. The predicted molar refractivity (Wildman–Crippen MR) is 48.9 cm³/mol. The highest BCUT2D eigenvalue weighted by molar-refractivity contribution is 5.64. The molecule has 0 aliphatic carbocycles. The third-order valence-electron chi connectivity index (χ3n) is 2.97. The molecule has 0 N–H and O–H groups in total. The van der Waals surface area contributed by atoms with Crippen LogP contribution < -0.4 is 5.11 Å². The quantitative estimate of drug-likeness (QED) is 0.585. The SMILES string of the molecule is C[N+]1(CCCC(=O)[O-])CCCCC1. The van der Waals surface area contributed by atoms with Gasteiger partial charge in [-0.15, -0.1) is 0 Å². The molecule has 1 fully saturated rings. The van der Waals surface area contributed by atoms with Gasteiger partial charge in [0.2, 0.25) is 0 Å². The molecular weight excluding hydrogens is 166 g/mol. The molecule has 3 heteroatoms. The summed E-state index contributed by atoms with van der Waals surface area (Å²) in [6.07, 6.45) is 4.91. The van der Waals surface area contributed by atoms with Gasteiger partial charge in [-0.1, -0.05) is 0 Å². The third kappa shape index (κ3) is 3.77. The second-order valence-electron chi connectivity index (χ2n) is 4.33. The van der Waals surface area contributed by atoms with E-state index in [1.54, 1.807) is 0 Å². The number of likely N-dealkylation sites (tertiary alicyclic amines) is 1. The molecule has 0 unspecified atom stereocenters. The van der Waals surface area contributed by atoms with Crippen molar-refractivity contribution in [1.82, 2.24) is 0 Å². The minimum atomic E-state index is -0.913. The number of carbonyl (C=O) groups excluding carboxylic acids is 1. The molecule has 1 aliphatic heterocycles. The van der Waals surface area contributed by atoms with Crippen LogP contribution in [0.1, 0.15) is 32.1 Å². The summed E-state index contributed by atoms with van der Waals surface area (Å²) in [5.41, 5.74) is 0. The highest BCUT2D eigenvalue weighted by Gasteiger charge is 2.23. The molecule has 0 amide bonds. The number of carboxylic acid groups (broad SMARTS) is 1. The summed E-state index contributed by atoms with van der Waals surface area (Å²) >= 11 is 0. The molecule has 0 aromatic heterocycles. The first kappa shape index (κ1) is 10.5. The van der Waals surface area contributed by atoms with E-state index in [0.29, 0.717) is 0 Å². The summed E-state index contributed by atoms with van der Waals surface area (Å²) in [7, 11) is 2.23. The maximum absolute atomic E-state index is 10.2. The fourth-order valence-electron chi connectivity index (χ4n) is 2.10. The van der Waals surface area contributed by atoms with Crippen molar-refractivity contribution in [2.24, 2.45) is 0 Å². The van der Waals surface area contributed by atoms with E-state index in [9.17, 15) is 9.90 Å². The van der Waals surface area contributed by atoms with Crippen molar-refractivity contribution in [3.05, 3.63) is 0 Å². The van der Waals surface area contributed by atoms with Crippen LogP contribution in [0.25, 0.3) is 0 Å². The van der Waals surface area contributed by atoms with Crippen LogP contribution in [-0.4, -0.2) is 37.1 Å². The van der Waals surface area contributed by atoms with Crippen LogP contribution in [-0.2, 0) is 4.79 Å². The average Bonchev–Trinajstić information content (AvgIpc) is 2.04. The molecule has 1 rings (SSSR count). The van der Waals surface area contributed by atoms with Crippen LogP contribution >= 0.6 is 0 Å². The zero-order valence-corrected chi connectivity index (χ0v) is 8.42. The van der Waals surface area contributed by atoms with E-state index in [1.807, 2.05) is 0 Å². The first-order valence-corrected chi connectivity index (χ1v) is 5.16. The van der Waals surface area contributed by atoms with Gasteiger partial charge in [0.15, 0.2) is 0 Å². The van der Waals surface area contributed by atoms with Gasteiger partial charge in [0.1, 0.15) is 0 Å². The van der Waals surface area contributed by atoms with Crippen molar-refractivity contribution >= 4 is 5.97 Å². The molecule has 0 bridgehead atoms. The van der Waals surface area contributed by atoms with E-state index in [2.05, 4.69) is 7.05 Å². The van der Waals surface area contributed by atoms with Crippen LogP contribution in [0.15, 0.2) is 0 Å². The molecular formula is C10H19NO2. The molecule has 0 atom stereocenters. The van der Waals surface area contributed by atoms with Crippen molar-refractivity contribution in [1.29, 1.82) is 0 Å². The zero-order chi connectivity index (χ0) is 9.73. The Morgan fingerprint density at radius 3 is 2.46 bits per heavy atom. The summed E-state index contributed by atoms with van der Waals surface area (Å²) in [5.74, 6) is -0.913. The van der Waals surface area contributed by atoms with E-state index >= 15 is 0 Å². The first-order valence-electron chi connectivity index (χ1n) is 5.16. The lowest BCUT2D eigenvalue weighted by atomic mass is 10.1. The lowest BCUT2D eigenvalue weighted by molar-refractivity contribution is -0.914. The normalized spacial score (nSPS) is 21.3. The molecule has 0 aromatic carbocycles. The van der Waals surface area contributed by atoms with Crippen molar-refractivity contribution in [3.8, 4) is 0 Å². The highest BCUT2D eigenvalue weighted by Crippen LogP contribution is 2.16. The Bertz CT molecular complexity index is 174. The smallest absolute Gasteiger partial charge is 0.0788 e. The van der Waals surface area contributed by atoms with Gasteiger partial charge in [0, 0.05) is 12.4 Å². The van der Waals surface area contributed by atoms with Gasteiger partial charge in [-0.25, -0.2) is 0 Å². The minimum Gasteiger partial charge on any atom is -0.550 e. The molecule has 0 saturated carbocycles. The first-order chi connectivity index (χ1) is 6.12. The van der Waals surface area contributed by atoms with Crippen molar-refractivity contribution in [2.75, 3.05) is 26.7 Å². The maximum atomic E-state index is 10.2. The monoisotopic (exact) mass is 185 g/mol. The van der Waals surface area contributed by atoms with Gasteiger partial charge in [-0.2, -0.15) is 0 Å². The Hall–Kier alpha value is -0.570. The van der Waals surface area contributed by atoms with E-state index < -0.39 is 5.97 Å². The Morgan fingerprint density at radius 2 is 1.92 bits per heavy atom. The number of aliphatic carboxylic acids is 1. The lowest BCUT2D eigenvalue weighted by Crippen LogP contribution is -2.48. The summed E-state index contributed by atoms with van der Waals surface area (Å²) in [6.45, 7) is 3.42.